The lowest BCUT2D eigenvalue weighted by molar-refractivity contribution is 0.0301. The number of halogens is 1. The summed E-state index contributed by atoms with van der Waals surface area (Å²) in [6.45, 7) is 1.94. The van der Waals surface area contributed by atoms with Gasteiger partial charge < -0.3 is 5.11 Å². The lowest BCUT2D eigenvalue weighted by atomic mass is 9.85. The third-order valence-electron chi connectivity index (χ3n) is 3.61. The maximum absolute atomic E-state index is 10.6. The van der Waals surface area contributed by atoms with Gasteiger partial charge in [-0.15, -0.1) is 0 Å². The average molecular weight is 283 g/mol. The van der Waals surface area contributed by atoms with E-state index >= 15 is 0 Å². The highest BCUT2D eigenvalue weighted by molar-refractivity contribution is 9.10. The van der Waals surface area contributed by atoms with Gasteiger partial charge in [0, 0.05) is 4.47 Å². The van der Waals surface area contributed by atoms with Crippen molar-refractivity contribution in [2.75, 3.05) is 0 Å². The number of rotatable bonds is 3. The fourth-order valence-corrected chi connectivity index (χ4v) is 3.50. The Morgan fingerprint density at radius 2 is 1.94 bits per heavy atom. The molecule has 1 N–H and O–H groups in total. The van der Waals surface area contributed by atoms with Crippen LogP contribution in [0.2, 0.25) is 0 Å². The van der Waals surface area contributed by atoms with Gasteiger partial charge in [-0.2, -0.15) is 0 Å². The molecule has 0 saturated heterocycles. The topological polar surface area (TPSA) is 20.2 Å². The summed E-state index contributed by atoms with van der Waals surface area (Å²) >= 11 is 3.52. The smallest absolute Gasteiger partial charge is 0.0882 e. The van der Waals surface area contributed by atoms with Crippen molar-refractivity contribution in [3.05, 3.63) is 34.3 Å². The minimum Gasteiger partial charge on any atom is -0.385 e. The molecule has 1 aliphatic rings. The van der Waals surface area contributed by atoms with Gasteiger partial charge in [0.2, 0.25) is 0 Å². The number of hydrogen-bond donors (Lipinski definition) is 1. The zero-order valence-corrected chi connectivity index (χ0v) is 11.3. The zero-order chi connectivity index (χ0) is 11.6. The van der Waals surface area contributed by atoms with Crippen molar-refractivity contribution in [1.82, 2.24) is 0 Å². The van der Waals surface area contributed by atoms with Crippen molar-refractivity contribution in [3.8, 4) is 0 Å². The maximum atomic E-state index is 10.6. The molecule has 0 bridgehead atoms. The van der Waals surface area contributed by atoms with Gasteiger partial charge in [-0.25, -0.2) is 0 Å². The molecule has 1 aromatic rings. The molecule has 0 radical (unpaired) electrons. The van der Waals surface area contributed by atoms with E-state index in [1.807, 2.05) is 31.2 Å². The summed E-state index contributed by atoms with van der Waals surface area (Å²) in [6, 6.07) is 7.99. The third-order valence-corrected chi connectivity index (χ3v) is 4.31. The normalized spacial score (nSPS) is 20.9. The maximum Gasteiger partial charge on any atom is 0.0882 e. The lowest BCUT2D eigenvalue weighted by Gasteiger charge is -2.28. The highest BCUT2D eigenvalue weighted by Gasteiger charge is 2.30. The molecule has 88 valence electrons. The van der Waals surface area contributed by atoms with Gasteiger partial charge in [0.25, 0.3) is 0 Å². The Balaban J connectivity index is 2.14. The molecule has 0 aromatic heterocycles. The Kier molecular flexibility index (Phi) is 3.70. The van der Waals surface area contributed by atoms with Crippen LogP contribution in [0.4, 0.5) is 0 Å². The van der Waals surface area contributed by atoms with Crippen LogP contribution < -0.4 is 0 Å². The van der Waals surface area contributed by atoms with Crippen LogP contribution in [0.5, 0.6) is 0 Å². The first-order chi connectivity index (χ1) is 7.59. The Hall–Kier alpha value is -0.340. The van der Waals surface area contributed by atoms with Crippen molar-refractivity contribution in [3.63, 3.8) is 0 Å². The zero-order valence-electron chi connectivity index (χ0n) is 9.75. The first-order valence-corrected chi connectivity index (χ1v) is 6.86. The second-order valence-electron chi connectivity index (χ2n) is 5.11. The molecule has 2 rings (SSSR count). The Morgan fingerprint density at radius 3 is 2.56 bits per heavy atom. The van der Waals surface area contributed by atoms with Gasteiger partial charge in [0.1, 0.15) is 0 Å². The van der Waals surface area contributed by atoms with Crippen LogP contribution in [0.25, 0.3) is 0 Å². The molecular weight excluding hydrogens is 264 g/mol. The van der Waals surface area contributed by atoms with Crippen LogP contribution in [0.1, 0.15) is 44.6 Å². The standard InChI is InChI=1S/C14H19BrO/c1-14(16,10-11-6-2-3-7-11)12-8-4-5-9-13(12)15/h4-5,8-9,11,16H,2-3,6-7,10H2,1H3. The molecule has 1 atom stereocenters. The van der Waals surface area contributed by atoms with E-state index in [1.165, 1.54) is 25.7 Å². The fraction of sp³-hybridized carbons (Fsp3) is 0.571. The molecule has 2 heteroatoms. The molecule has 1 saturated carbocycles. The van der Waals surface area contributed by atoms with E-state index in [0.29, 0.717) is 5.92 Å². The second-order valence-corrected chi connectivity index (χ2v) is 5.96. The lowest BCUT2D eigenvalue weighted by Crippen LogP contribution is -2.24. The van der Waals surface area contributed by atoms with Crippen molar-refractivity contribution in [2.24, 2.45) is 5.92 Å². The van der Waals surface area contributed by atoms with Gasteiger partial charge in [0.15, 0.2) is 0 Å². The summed E-state index contributed by atoms with van der Waals surface area (Å²) < 4.78 is 1.01. The van der Waals surface area contributed by atoms with E-state index in [2.05, 4.69) is 15.9 Å². The molecule has 1 unspecified atom stereocenters. The average Bonchev–Trinajstić information content (AvgIpc) is 2.70. The van der Waals surface area contributed by atoms with Gasteiger partial charge >= 0.3 is 0 Å². The third kappa shape index (κ3) is 2.67. The van der Waals surface area contributed by atoms with E-state index in [4.69, 9.17) is 0 Å². The summed E-state index contributed by atoms with van der Waals surface area (Å²) in [4.78, 5) is 0. The highest BCUT2D eigenvalue weighted by Crippen LogP contribution is 2.38. The summed E-state index contributed by atoms with van der Waals surface area (Å²) in [7, 11) is 0. The van der Waals surface area contributed by atoms with Gasteiger partial charge in [0.05, 0.1) is 5.60 Å². The Bertz CT molecular complexity index is 354. The van der Waals surface area contributed by atoms with E-state index in [9.17, 15) is 5.11 Å². The minimum absolute atomic E-state index is 0.696. The van der Waals surface area contributed by atoms with Crippen molar-refractivity contribution >= 4 is 15.9 Å². The second kappa shape index (κ2) is 4.89. The number of aliphatic hydroxyl groups is 1. The first-order valence-electron chi connectivity index (χ1n) is 6.07. The number of hydrogen-bond acceptors (Lipinski definition) is 1. The van der Waals surface area contributed by atoms with Crippen LogP contribution in [-0.2, 0) is 5.60 Å². The summed E-state index contributed by atoms with van der Waals surface area (Å²) in [5.41, 5.74) is 0.316. The van der Waals surface area contributed by atoms with Crippen molar-refractivity contribution in [1.29, 1.82) is 0 Å². The summed E-state index contributed by atoms with van der Waals surface area (Å²) in [6.07, 6.45) is 6.10. The van der Waals surface area contributed by atoms with Crippen LogP contribution >= 0.6 is 15.9 Å². The predicted octanol–water partition coefficient (Wildman–Crippen LogP) is 4.24. The quantitative estimate of drug-likeness (QED) is 0.879. The van der Waals surface area contributed by atoms with E-state index < -0.39 is 5.60 Å². The summed E-state index contributed by atoms with van der Waals surface area (Å²) in [5.74, 6) is 0.696. The Morgan fingerprint density at radius 1 is 1.31 bits per heavy atom. The molecule has 0 amide bonds. The first kappa shape index (κ1) is 12.1. The van der Waals surface area contributed by atoms with Crippen LogP contribution in [0.15, 0.2) is 28.7 Å². The van der Waals surface area contributed by atoms with Crippen LogP contribution in [0, 0.1) is 5.92 Å². The van der Waals surface area contributed by atoms with Gasteiger partial charge in [-0.1, -0.05) is 59.8 Å². The Labute approximate surface area is 106 Å². The van der Waals surface area contributed by atoms with Gasteiger partial charge in [-0.05, 0) is 30.9 Å². The molecule has 1 aromatic carbocycles. The van der Waals surface area contributed by atoms with E-state index in [0.717, 1.165) is 16.5 Å². The molecule has 1 fully saturated rings. The SMILES string of the molecule is CC(O)(CC1CCCC1)c1ccccc1Br. The molecule has 0 spiro atoms. The van der Waals surface area contributed by atoms with Crippen molar-refractivity contribution in [2.45, 2.75) is 44.6 Å². The molecule has 0 heterocycles. The molecule has 1 nitrogen and oxygen atoms in total. The molecule has 16 heavy (non-hydrogen) atoms. The molecule has 0 aliphatic heterocycles. The largest absolute Gasteiger partial charge is 0.385 e. The van der Waals surface area contributed by atoms with E-state index in [1.54, 1.807) is 0 Å². The van der Waals surface area contributed by atoms with Crippen LogP contribution in [0.3, 0.4) is 0 Å². The predicted molar refractivity (Wildman–Crippen MR) is 70.3 cm³/mol. The fourth-order valence-electron chi connectivity index (χ4n) is 2.78. The molecular formula is C14H19BrO. The molecule has 1 aliphatic carbocycles. The van der Waals surface area contributed by atoms with Crippen molar-refractivity contribution < 1.29 is 5.11 Å². The van der Waals surface area contributed by atoms with E-state index in [-0.39, 0.29) is 0 Å². The minimum atomic E-state index is -0.699. The van der Waals surface area contributed by atoms with Crippen LogP contribution in [-0.4, -0.2) is 5.11 Å². The monoisotopic (exact) mass is 282 g/mol. The summed E-state index contributed by atoms with van der Waals surface area (Å²) in [5, 5.41) is 10.6. The van der Waals surface area contributed by atoms with Gasteiger partial charge in [-0.3, -0.25) is 0 Å². The highest BCUT2D eigenvalue weighted by atomic mass is 79.9. The number of benzene rings is 1.